The standard InChI is InChI=1S/C17H24N2O/c1-12-7-9-19(13(2)10-12)17(20)16-5-3-4-14-11-18-8-6-15(14)16/h3-5,12-13,18H,6-11H2,1-2H3. The summed E-state index contributed by atoms with van der Waals surface area (Å²) in [5, 5.41) is 3.38. The van der Waals surface area contributed by atoms with Gasteiger partial charge in [0.05, 0.1) is 0 Å². The quantitative estimate of drug-likeness (QED) is 0.852. The van der Waals surface area contributed by atoms with Gasteiger partial charge in [-0.25, -0.2) is 0 Å². The minimum Gasteiger partial charge on any atom is -0.336 e. The van der Waals surface area contributed by atoms with E-state index in [2.05, 4.69) is 30.1 Å². The smallest absolute Gasteiger partial charge is 0.254 e. The van der Waals surface area contributed by atoms with Crippen molar-refractivity contribution in [2.75, 3.05) is 13.1 Å². The number of likely N-dealkylation sites (tertiary alicyclic amines) is 1. The first kappa shape index (κ1) is 13.6. The van der Waals surface area contributed by atoms with Gasteiger partial charge < -0.3 is 10.2 Å². The summed E-state index contributed by atoms with van der Waals surface area (Å²) in [6, 6.07) is 6.54. The summed E-state index contributed by atoms with van der Waals surface area (Å²) in [5.74, 6) is 0.978. The van der Waals surface area contributed by atoms with E-state index in [9.17, 15) is 4.79 Å². The molecule has 1 N–H and O–H groups in total. The summed E-state index contributed by atoms with van der Waals surface area (Å²) >= 11 is 0. The number of rotatable bonds is 1. The lowest BCUT2D eigenvalue weighted by Gasteiger charge is -2.37. The number of nitrogens with zero attached hydrogens (tertiary/aromatic N) is 1. The van der Waals surface area contributed by atoms with E-state index in [0.29, 0.717) is 6.04 Å². The van der Waals surface area contributed by atoms with Crippen LogP contribution in [-0.4, -0.2) is 29.9 Å². The highest BCUT2D eigenvalue weighted by Gasteiger charge is 2.29. The highest BCUT2D eigenvalue weighted by Crippen LogP contribution is 2.26. The van der Waals surface area contributed by atoms with Gasteiger partial charge in [0.2, 0.25) is 0 Å². The summed E-state index contributed by atoms with van der Waals surface area (Å²) in [6.07, 6.45) is 3.23. The maximum absolute atomic E-state index is 12.9. The Balaban J connectivity index is 1.87. The number of benzene rings is 1. The van der Waals surface area contributed by atoms with Crippen molar-refractivity contribution in [3.63, 3.8) is 0 Å². The summed E-state index contributed by atoms with van der Waals surface area (Å²) < 4.78 is 0. The molecule has 3 heteroatoms. The van der Waals surface area contributed by atoms with Crippen molar-refractivity contribution >= 4 is 5.91 Å². The van der Waals surface area contributed by atoms with Gasteiger partial charge in [-0.3, -0.25) is 4.79 Å². The molecule has 0 saturated carbocycles. The lowest BCUT2D eigenvalue weighted by molar-refractivity contribution is 0.0587. The van der Waals surface area contributed by atoms with Crippen LogP contribution in [0.5, 0.6) is 0 Å². The number of amides is 1. The van der Waals surface area contributed by atoms with Gasteiger partial charge >= 0.3 is 0 Å². The van der Waals surface area contributed by atoms with Gasteiger partial charge in [-0.2, -0.15) is 0 Å². The lowest BCUT2D eigenvalue weighted by atomic mass is 9.90. The molecule has 0 aliphatic carbocycles. The maximum Gasteiger partial charge on any atom is 0.254 e. The summed E-state index contributed by atoms with van der Waals surface area (Å²) in [5.41, 5.74) is 3.49. The Morgan fingerprint density at radius 1 is 1.35 bits per heavy atom. The molecule has 1 aromatic carbocycles. The van der Waals surface area contributed by atoms with E-state index in [0.717, 1.165) is 50.4 Å². The van der Waals surface area contributed by atoms with E-state index in [1.54, 1.807) is 0 Å². The van der Waals surface area contributed by atoms with Gasteiger partial charge in [0.25, 0.3) is 5.91 Å². The molecule has 2 aliphatic heterocycles. The number of fused-ring (bicyclic) bond motifs is 1. The van der Waals surface area contributed by atoms with Gasteiger partial charge in [0.1, 0.15) is 0 Å². The fourth-order valence-corrected chi connectivity index (χ4v) is 3.60. The zero-order valence-electron chi connectivity index (χ0n) is 12.5. The number of hydrogen-bond donors (Lipinski definition) is 1. The van der Waals surface area contributed by atoms with E-state index in [1.165, 1.54) is 11.1 Å². The minimum atomic E-state index is 0.239. The molecule has 3 rings (SSSR count). The number of hydrogen-bond acceptors (Lipinski definition) is 2. The number of carbonyl (C=O) groups excluding carboxylic acids is 1. The molecular formula is C17H24N2O. The zero-order valence-corrected chi connectivity index (χ0v) is 12.5. The van der Waals surface area contributed by atoms with Crippen LogP contribution in [0.25, 0.3) is 0 Å². The van der Waals surface area contributed by atoms with Crippen LogP contribution in [0.1, 0.15) is 48.2 Å². The normalized spacial score (nSPS) is 26.2. The maximum atomic E-state index is 12.9. The van der Waals surface area contributed by atoms with E-state index in [-0.39, 0.29) is 5.91 Å². The topological polar surface area (TPSA) is 32.3 Å². The molecular weight excluding hydrogens is 248 g/mol. The van der Waals surface area contributed by atoms with Gasteiger partial charge in [-0.05, 0) is 55.8 Å². The average molecular weight is 272 g/mol. The molecule has 2 atom stereocenters. The number of piperidine rings is 1. The molecule has 2 unspecified atom stereocenters. The van der Waals surface area contributed by atoms with Gasteiger partial charge in [0.15, 0.2) is 0 Å². The molecule has 0 bridgehead atoms. The molecule has 1 aromatic rings. The third-order valence-electron chi connectivity index (χ3n) is 4.77. The van der Waals surface area contributed by atoms with Crippen LogP contribution < -0.4 is 5.32 Å². The Morgan fingerprint density at radius 3 is 3.00 bits per heavy atom. The largest absolute Gasteiger partial charge is 0.336 e. The Kier molecular flexibility index (Phi) is 3.79. The molecule has 1 saturated heterocycles. The van der Waals surface area contributed by atoms with Crippen LogP contribution >= 0.6 is 0 Å². The van der Waals surface area contributed by atoms with E-state index in [4.69, 9.17) is 0 Å². The lowest BCUT2D eigenvalue weighted by Crippen LogP contribution is -2.44. The highest BCUT2D eigenvalue weighted by molar-refractivity contribution is 5.96. The first-order chi connectivity index (χ1) is 9.66. The van der Waals surface area contributed by atoms with Gasteiger partial charge in [-0.15, -0.1) is 0 Å². The summed E-state index contributed by atoms with van der Waals surface area (Å²) in [6.45, 7) is 7.24. The van der Waals surface area contributed by atoms with Crippen LogP contribution in [-0.2, 0) is 13.0 Å². The van der Waals surface area contributed by atoms with Crippen LogP contribution in [0.4, 0.5) is 0 Å². The average Bonchev–Trinajstić information content (AvgIpc) is 2.46. The molecule has 20 heavy (non-hydrogen) atoms. The number of nitrogens with one attached hydrogen (secondary N) is 1. The second-order valence-corrected chi connectivity index (χ2v) is 6.35. The summed E-state index contributed by atoms with van der Waals surface area (Å²) in [4.78, 5) is 15.0. The van der Waals surface area contributed by atoms with Gasteiger partial charge in [-0.1, -0.05) is 19.1 Å². The molecule has 1 amide bonds. The van der Waals surface area contributed by atoms with Crippen LogP contribution in [0, 0.1) is 5.92 Å². The molecule has 2 heterocycles. The SMILES string of the molecule is CC1CCN(C(=O)c2cccc3c2CCNC3)C(C)C1. The highest BCUT2D eigenvalue weighted by atomic mass is 16.2. The van der Waals surface area contributed by atoms with Crippen LogP contribution in [0.2, 0.25) is 0 Å². The van der Waals surface area contributed by atoms with E-state index < -0.39 is 0 Å². The molecule has 0 aromatic heterocycles. The van der Waals surface area contributed by atoms with Crippen molar-refractivity contribution in [3.05, 3.63) is 34.9 Å². The van der Waals surface area contributed by atoms with Crippen molar-refractivity contribution in [2.24, 2.45) is 5.92 Å². The van der Waals surface area contributed by atoms with Crippen molar-refractivity contribution in [1.82, 2.24) is 10.2 Å². The predicted molar refractivity (Wildman–Crippen MR) is 80.7 cm³/mol. The molecule has 0 spiro atoms. The van der Waals surface area contributed by atoms with E-state index >= 15 is 0 Å². The van der Waals surface area contributed by atoms with Crippen LogP contribution in [0.15, 0.2) is 18.2 Å². The Morgan fingerprint density at radius 2 is 2.20 bits per heavy atom. The van der Waals surface area contributed by atoms with Crippen molar-refractivity contribution in [1.29, 1.82) is 0 Å². The zero-order chi connectivity index (χ0) is 14.1. The minimum absolute atomic E-state index is 0.239. The second-order valence-electron chi connectivity index (χ2n) is 6.35. The molecule has 1 fully saturated rings. The van der Waals surface area contributed by atoms with Crippen molar-refractivity contribution < 1.29 is 4.79 Å². The third kappa shape index (κ3) is 2.47. The number of carbonyl (C=O) groups is 1. The fourth-order valence-electron chi connectivity index (χ4n) is 3.60. The predicted octanol–water partition coefficient (Wildman–Crippen LogP) is 2.59. The van der Waals surface area contributed by atoms with E-state index in [1.807, 2.05) is 12.1 Å². The first-order valence-electron chi connectivity index (χ1n) is 7.79. The first-order valence-corrected chi connectivity index (χ1v) is 7.79. The van der Waals surface area contributed by atoms with Crippen LogP contribution in [0.3, 0.4) is 0 Å². The molecule has 2 aliphatic rings. The molecule has 0 radical (unpaired) electrons. The monoisotopic (exact) mass is 272 g/mol. The van der Waals surface area contributed by atoms with Gasteiger partial charge in [0, 0.05) is 24.7 Å². The second kappa shape index (κ2) is 5.57. The van der Waals surface area contributed by atoms with Crippen molar-refractivity contribution in [2.45, 2.75) is 45.7 Å². The Hall–Kier alpha value is -1.35. The third-order valence-corrected chi connectivity index (χ3v) is 4.77. The molecule has 3 nitrogen and oxygen atoms in total. The van der Waals surface area contributed by atoms with Crippen molar-refractivity contribution in [3.8, 4) is 0 Å². The Labute approximate surface area is 121 Å². The Bertz CT molecular complexity index is 512. The summed E-state index contributed by atoms with van der Waals surface area (Å²) in [7, 11) is 0. The fraction of sp³-hybridized carbons (Fsp3) is 0.588. The molecule has 108 valence electrons.